The fourth-order valence-corrected chi connectivity index (χ4v) is 3.93. The summed E-state index contributed by atoms with van der Waals surface area (Å²) in [6.45, 7) is 5.05. The van der Waals surface area contributed by atoms with Crippen molar-refractivity contribution in [1.29, 1.82) is 0 Å². The maximum absolute atomic E-state index is 14.7. The van der Waals surface area contributed by atoms with Gasteiger partial charge < -0.3 is 5.11 Å². The van der Waals surface area contributed by atoms with Crippen LogP contribution in [-0.4, -0.2) is 32.4 Å². The number of alkyl halides is 7. The van der Waals surface area contributed by atoms with Crippen molar-refractivity contribution in [3.63, 3.8) is 0 Å². The van der Waals surface area contributed by atoms with Crippen LogP contribution in [0, 0.1) is 0 Å². The first-order valence-corrected chi connectivity index (χ1v) is 8.70. The molecule has 0 amide bonds. The maximum Gasteiger partial charge on any atom is 0.435 e. The van der Waals surface area contributed by atoms with E-state index in [1.54, 1.807) is 0 Å². The highest BCUT2D eigenvalue weighted by Crippen LogP contribution is 2.55. The molecule has 0 aromatic heterocycles. The molecule has 0 heterocycles. The number of benzene rings is 1. The Hall–Kier alpha value is -1.65. The van der Waals surface area contributed by atoms with Gasteiger partial charge in [-0.3, -0.25) is 4.21 Å². The Morgan fingerprint density at radius 3 is 1.74 bits per heavy atom. The van der Waals surface area contributed by atoms with E-state index in [1.807, 2.05) is 0 Å². The predicted molar refractivity (Wildman–Crippen MR) is 83.8 cm³/mol. The monoisotopic (exact) mass is 422 g/mol. The van der Waals surface area contributed by atoms with Crippen molar-refractivity contribution < 1.29 is 44.8 Å². The van der Waals surface area contributed by atoms with Gasteiger partial charge >= 0.3 is 24.0 Å². The molecule has 0 spiro atoms. The van der Waals surface area contributed by atoms with E-state index in [9.17, 15) is 44.8 Å². The van der Waals surface area contributed by atoms with Gasteiger partial charge in [-0.2, -0.15) is 26.3 Å². The van der Waals surface area contributed by atoms with Crippen LogP contribution >= 0.6 is 0 Å². The second-order valence-corrected chi connectivity index (χ2v) is 8.83. The zero-order valence-corrected chi connectivity index (χ0v) is 15.5. The minimum absolute atomic E-state index is 0.0998. The highest BCUT2D eigenvalue weighted by molar-refractivity contribution is 7.86. The minimum Gasteiger partial charge on any atom is -0.478 e. The standard InChI is InChI=1S/C16H17F7O3S/c1-5-8-9(12(24)25)6-7-10(11(8)27(26)13(2,3)4)14(17,15(18,19)20)16(21,22)23/h6-7H,5H2,1-4H3,(H,24,25). The lowest BCUT2D eigenvalue weighted by Crippen LogP contribution is -2.51. The first-order chi connectivity index (χ1) is 11.9. The summed E-state index contributed by atoms with van der Waals surface area (Å²) in [5, 5.41) is 9.18. The molecule has 154 valence electrons. The van der Waals surface area contributed by atoms with Crippen LogP contribution in [0.4, 0.5) is 30.7 Å². The molecule has 1 N–H and O–H groups in total. The molecule has 1 rings (SSSR count). The van der Waals surface area contributed by atoms with Gasteiger partial charge in [-0.15, -0.1) is 0 Å². The molecule has 27 heavy (non-hydrogen) atoms. The Morgan fingerprint density at radius 1 is 1.00 bits per heavy atom. The SMILES string of the molecule is CCc1c(C(=O)O)ccc(C(F)(C(F)(F)F)C(F)(F)F)c1S(=O)C(C)(C)C. The van der Waals surface area contributed by atoms with Gasteiger partial charge in [-0.25, -0.2) is 9.18 Å². The van der Waals surface area contributed by atoms with Gasteiger partial charge in [0.2, 0.25) is 0 Å². The van der Waals surface area contributed by atoms with E-state index in [1.165, 1.54) is 27.7 Å². The molecule has 1 unspecified atom stereocenters. The van der Waals surface area contributed by atoms with Crippen LogP contribution in [0.25, 0.3) is 0 Å². The molecule has 1 atom stereocenters. The van der Waals surface area contributed by atoms with E-state index in [2.05, 4.69) is 0 Å². The maximum atomic E-state index is 14.7. The molecular weight excluding hydrogens is 405 g/mol. The van der Waals surface area contributed by atoms with Crippen LogP contribution in [0.1, 0.15) is 49.2 Å². The summed E-state index contributed by atoms with van der Waals surface area (Å²) in [6, 6.07) is 0.564. The molecule has 0 fully saturated rings. The van der Waals surface area contributed by atoms with E-state index >= 15 is 0 Å². The number of carbonyl (C=O) groups is 1. The van der Waals surface area contributed by atoms with Gasteiger partial charge in [-0.1, -0.05) is 13.0 Å². The van der Waals surface area contributed by atoms with E-state index in [4.69, 9.17) is 0 Å². The van der Waals surface area contributed by atoms with Crippen LogP contribution in [-0.2, 0) is 22.9 Å². The average molecular weight is 422 g/mol. The number of rotatable bonds is 4. The molecule has 11 heteroatoms. The fraction of sp³-hybridized carbons (Fsp3) is 0.562. The average Bonchev–Trinajstić information content (AvgIpc) is 2.48. The van der Waals surface area contributed by atoms with Crippen molar-refractivity contribution in [3.05, 3.63) is 28.8 Å². The van der Waals surface area contributed by atoms with Crippen molar-refractivity contribution in [2.45, 2.75) is 61.8 Å². The van der Waals surface area contributed by atoms with Gasteiger partial charge in [0.1, 0.15) is 0 Å². The lowest BCUT2D eigenvalue weighted by molar-refractivity contribution is -0.349. The molecule has 0 aliphatic heterocycles. The Morgan fingerprint density at radius 2 is 1.44 bits per heavy atom. The number of hydrogen-bond donors (Lipinski definition) is 1. The summed E-state index contributed by atoms with van der Waals surface area (Å²) in [5.41, 5.74) is -8.89. The van der Waals surface area contributed by atoms with Crippen LogP contribution in [0.3, 0.4) is 0 Å². The van der Waals surface area contributed by atoms with Crippen molar-refractivity contribution >= 4 is 16.8 Å². The number of aromatic carboxylic acids is 1. The quantitative estimate of drug-likeness (QED) is 0.684. The van der Waals surface area contributed by atoms with Crippen molar-refractivity contribution in [2.24, 2.45) is 0 Å². The summed E-state index contributed by atoms with van der Waals surface area (Å²) in [6.07, 6.45) is -13.2. The summed E-state index contributed by atoms with van der Waals surface area (Å²) in [4.78, 5) is 10.2. The van der Waals surface area contributed by atoms with E-state index in [0.29, 0.717) is 6.07 Å². The Bertz CT molecular complexity index is 747. The number of halogens is 7. The van der Waals surface area contributed by atoms with Crippen LogP contribution in [0.5, 0.6) is 0 Å². The first kappa shape index (κ1) is 23.4. The Kier molecular flexibility index (Phi) is 6.12. The first-order valence-electron chi connectivity index (χ1n) is 7.55. The molecule has 3 nitrogen and oxygen atoms in total. The molecule has 1 aromatic carbocycles. The van der Waals surface area contributed by atoms with Gasteiger partial charge in [0.25, 0.3) is 0 Å². The smallest absolute Gasteiger partial charge is 0.435 e. The van der Waals surface area contributed by atoms with Crippen molar-refractivity contribution in [2.75, 3.05) is 0 Å². The molecule has 0 saturated carbocycles. The third kappa shape index (κ3) is 3.97. The largest absolute Gasteiger partial charge is 0.478 e. The van der Waals surface area contributed by atoms with Crippen molar-refractivity contribution in [1.82, 2.24) is 0 Å². The molecule has 1 aromatic rings. The number of hydrogen-bond acceptors (Lipinski definition) is 2. The molecule has 0 aliphatic carbocycles. The fourth-order valence-electron chi connectivity index (χ4n) is 2.43. The highest BCUT2D eigenvalue weighted by atomic mass is 32.2. The molecule has 0 bridgehead atoms. The molecule has 0 aliphatic rings. The zero-order valence-electron chi connectivity index (χ0n) is 14.7. The summed E-state index contributed by atoms with van der Waals surface area (Å²) in [5.74, 6) is -1.64. The normalized spacial score (nSPS) is 14.9. The topological polar surface area (TPSA) is 54.4 Å². The zero-order chi connectivity index (χ0) is 21.6. The van der Waals surface area contributed by atoms with E-state index in [0.717, 1.165) is 0 Å². The molecular formula is C16H17F7O3S. The lowest BCUT2D eigenvalue weighted by atomic mass is 9.90. The minimum atomic E-state index is -6.40. The Labute approximate surface area is 153 Å². The van der Waals surface area contributed by atoms with Crippen LogP contribution < -0.4 is 0 Å². The van der Waals surface area contributed by atoms with Crippen molar-refractivity contribution in [3.8, 4) is 0 Å². The van der Waals surface area contributed by atoms with Gasteiger partial charge in [0.15, 0.2) is 0 Å². The van der Waals surface area contributed by atoms with Gasteiger partial charge in [0.05, 0.1) is 21.3 Å². The molecule has 0 radical (unpaired) electrons. The summed E-state index contributed by atoms with van der Waals surface area (Å²) in [7, 11) is -2.57. The molecule has 0 saturated heterocycles. The van der Waals surface area contributed by atoms with Gasteiger partial charge in [0, 0.05) is 10.3 Å². The summed E-state index contributed by atoms with van der Waals surface area (Å²) >= 11 is 0. The van der Waals surface area contributed by atoms with E-state index < -0.39 is 61.1 Å². The highest BCUT2D eigenvalue weighted by Gasteiger charge is 2.74. The number of carboxylic acid groups (broad SMARTS) is 1. The second kappa shape index (κ2) is 7.06. The Balaban J connectivity index is 4.16. The third-order valence-electron chi connectivity index (χ3n) is 3.74. The van der Waals surface area contributed by atoms with E-state index in [-0.39, 0.29) is 12.5 Å². The van der Waals surface area contributed by atoms with Crippen LogP contribution in [0.15, 0.2) is 17.0 Å². The second-order valence-electron chi connectivity index (χ2n) is 6.66. The predicted octanol–water partition coefficient (Wildman–Crippen LogP) is 5.14. The van der Waals surface area contributed by atoms with Crippen LogP contribution in [0.2, 0.25) is 0 Å². The summed E-state index contributed by atoms with van der Waals surface area (Å²) < 4.78 is 105. The van der Waals surface area contributed by atoms with Gasteiger partial charge in [-0.05, 0) is 38.8 Å². The number of carboxylic acids is 1. The lowest BCUT2D eigenvalue weighted by Gasteiger charge is -2.33. The third-order valence-corrected chi connectivity index (χ3v) is 5.69.